The predicted octanol–water partition coefficient (Wildman–Crippen LogP) is 5.48. The van der Waals surface area contributed by atoms with Gasteiger partial charge in [-0.3, -0.25) is 9.69 Å². The Kier molecular flexibility index (Phi) is 7.09. The number of hydrogen-bond acceptors (Lipinski definition) is 5. The number of hydrogen-bond donors (Lipinski definition) is 1. The maximum Gasteiger partial charge on any atom is 0.252 e. The first kappa shape index (κ1) is 23.2. The lowest BCUT2D eigenvalue weighted by atomic mass is 9.95. The van der Waals surface area contributed by atoms with Gasteiger partial charge >= 0.3 is 0 Å². The van der Waals surface area contributed by atoms with Crippen LogP contribution in [0.2, 0.25) is 0 Å². The van der Waals surface area contributed by atoms with E-state index in [0.717, 1.165) is 48.0 Å². The minimum Gasteiger partial charge on any atom is -0.322 e. The highest BCUT2D eigenvalue weighted by Gasteiger charge is 2.34. The third-order valence-electron chi connectivity index (χ3n) is 8.06. The maximum absolute atomic E-state index is 13.1. The van der Waals surface area contributed by atoms with E-state index in [1.165, 1.54) is 50.5 Å². The molecule has 0 saturated heterocycles. The smallest absolute Gasteiger partial charge is 0.252 e. The summed E-state index contributed by atoms with van der Waals surface area (Å²) in [5, 5.41) is 14.3. The molecule has 7 heteroatoms. The molecule has 7 nitrogen and oxygen atoms in total. The molecular formula is C27H38N6O. The molecule has 1 N–H and O–H groups in total. The molecule has 1 unspecified atom stereocenters. The van der Waals surface area contributed by atoms with Crippen molar-refractivity contribution < 1.29 is 0 Å². The van der Waals surface area contributed by atoms with Gasteiger partial charge in [-0.25, -0.2) is 4.68 Å². The molecular weight excluding hydrogens is 424 g/mol. The van der Waals surface area contributed by atoms with Crippen LogP contribution in [0.4, 0.5) is 0 Å². The Morgan fingerprint density at radius 1 is 1.06 bits per heavy atom. The van der Waals surface area contributed by atoms with Crippen molar-refractivity contribution >= 4 is 10.9 Å². The molecule has 2 aliphatic rings. The number of nitrogens with one attached hydrogen (secondary N) is 1. The second-order valence-electron chi connectivity index (χ2n) is 10.2. The quantitative estimate of drug-likeness (QED) is 0.480. The highest BCUT2D eigenvalue weighted by Crippen LogP contribution is 2.36. The van der Waals surface area contributed by atoms with Gasteiger partial charge in [0.25, 0.3) is 5.56 Å². The van der Waals surface area contributed by atoms with E-state index < -0.39 is 0 Å². The van der Waals surface area contributed by atoms with Crippen LogP contribution in [0.1, 0.15) is 107 Å². The molecule has 1 atom stereocenters. The highest BCUT2D eigenvalue weighted by molar-refractivity contribution is 5.79. The largest absolute Gasteiger partial charge is 0.322 e. The average molecular weight is 463 g/mol. The zero-order valence-corrected chi connectivity index (χ0v) is 20.7. The molecule has 182 valence electrons. The molecule has 0 radical (unpaired) electrons. The Bertz CT molecular complexity index is 1160. The average Bonchev–Trinajstić information content (AvgIpc) is 3.57. The van der Waals surface area contributed by atoms with Crippen molar-refractivity contribution in [3.8, 4) is 0 Å². The Hall–Kier alpha value is -2.54. The SMILES string of the molecule is CCc1ccc2[nH]c(=O)c(CN(C3CCCC3)C(CC)c3nnnn3C3CCCCC3)cc2c1. The zero-order chi connectivity index (χ0) is 23.5. The monoisotopic (exact) mass is 462 g/mol. The summed E-state index contributed by atoms with van der Waals surface area (Å²) >= 11 is 0. The summed E-state index contributed by atoms with van der Waals surface area (Å²) in [4.78, 5) is 18.8. The molecule has 5 rings (SSSR count). The summed E-state index contributed by atoms with van der Waals surface area (Å²) in [6, 6.07) is 9.40. The van der Waals surface area contributed by atoms with Crippen molar-refractivity contribution in [3.05, 3.63) is 51.6 Å². The second-order valence-corrected chi connectivity index (χ2v) is 10.2. The fraction of sp³-hybridized carbons (Fsp3) is 0.630. The predicted molar refractivity (Wildman–Crippen MR) is 135 cm³/mol. The van der Waals surface area contributed by atoms with Crippen molar-refractivity contribution in [2.24, 2.45) is 0 Å². The second kappa shape index (κ2) is 10.4. The van der Waals surface area contributed by atoms with Gasteiger partial charge in [-0.2, -0.15) is 0 Å². The number of pyridine rings is 1. The number of benzene rings is 1. The number of aromatic nitrogens is 5. The molecule has 0 spiro atoms. The fourth-order valence-electron chi connectivity index (χ4n) is 6.14. The molecule has 0 aliphatic heterocycles. The number of H-pyrrole nitrogens is 1. The Balaban J connectivity index is 1.50. The van der Waals surface area contributed by atoms with E-state index in [0.29, 0.717) is 18.6 Å². The number of rotatable bonds is 8. The van der Waals surface area contributed by atoms with Crippen LogP contribution in [-0.4, -0.2) is 36.1 Å². The lowest BCUT2D eigenvalue weighted by Crippen LogP contribution is -2.39. The lowest BCUT2D eigenvalue weighted by molar-refractivity contribution is 0.109. The number of fused-ring (bicyclic) bond motifs is 1. The number of aryl methyl sites for hydroxylation is 1. The van der Waals surface area contributed by atoms with E-state index in [1.807, 2.05) is 6.07 Å². The van der Waals surface area contributed by atoms with Crippen LogP contribution in [0.15, 0.2) is 29.1 Å². The lowest BCUT2D eigenvalue weighted by Gasteiger charge is -2.36. The maximum atomic E-state index is 13.1. The molecule has 3 aromatic rings. The normalized spacial score (nSPS) is 18.8. The highest BCUT2D eigenvalue weighted by atomic mass is 16.1. The van der Waals surface area contributed by atoms with Crippen LogP contribution in [-0.2, 0) is 13.0 Å². The van der Waals surface area contributed by atoms with Crippen molar-refractivity contribution in [1.29, 1.82) is 0 Å². The molecule has 2 aromatic heterocycles. The van der Waals surface area contributed by atoms with E-state index in [1.54, 1.807) is 0 Å². The van der Waals surface area contributed by atoms with Crippen molar-refractivity contribution in [2.75, 3.05) is 0 Å². The van der Waals surface area contributed by atoms with Gasteiger partial charge in [0.2, 0.25) is 0 Å². The summed E-state index contributed by atoms with van der Waals surface area (Å²) in [5.41, 5.74) is 3.05. The Labute approximate surface area is 201 Å². The Morgan fingerprint density at radius 3 is 2.56 bits per heavy atom. The third-order valence-corrected chi connectivity index (χ3v) is 8.06. The first-order valence-corrected chi connectivity index (χ1v) is 13.4. The first-order chi connectivity index (χ1) is 16.7. The van der Waals surface area contributed by atoms with Gasteiger partial charge in [-0.05, 0) is 78.1 Å². The standard InChI is InChI=1S/C27H38N6O/c1-3-19-14-15-24-20(16-19)17-21(27(34)28-24)18-32(22-10-8-9-11-22)25(4-2)26-29-30-31-33(26)23-12-6-5-7-13-23/h14-17,22-23,25H,3-13,18H2,1-2H3,(H,28,34). The van der Waals surface area contributed by atoms with Gasteiger partial charge in [-0.1, -0.05) is 52.0 Å². The molecule has 1 aromatic carbocycles. The molecule has 0 amide bonds. The van der Waals surface area contributed by atoms with Crippen LogP contribution in [0.25, 0.3) is 10.9 Å². The minimum atomic E-state index is 0.0153. The van der Waals surface area contributed by atoms with Crippen LogP contribution >= 0.6 is 0 Å². The third kappa shape index (κ3) is 4.67. The van der Waals surface area contributed by atoms with Crippen LogP contribution < -0.4 is 5.56 Å². The van der Waals surface area contributed by atoms with Gasteiger partial charge in [0.1, 0.15) is 0 Å². The van der Waals surface area contributed by atoms with Crippen molar-refractivity contribution in [3.63, 3.8) is 0 Å². The number of nitrogens with zero attached hydrogens (tertiary/aromatic N) is 5. The van der Waals surface area contributed by atoms with Crippen LogP contribution in [0, 0.1) is 0 Å². The van der Waals surface area contributed by atoms with Crippen LogP contribution in [0.5, 0.6) is 0 Å². The van der Waals surface area contributed by atoms with Gasteiger partial charge in [-0.15, -0.1) is 5.10 Å². The summed E-state index contributed by atoms with van der Waals surface area (Å²) in [6.45, 7) is 5.02. The van der Waals surface area contributed by atoms with Gasteiger partial charge in [0.15, 0.2) is 5.82 Å². The van der Waals surface area contributed by atoms with Gasteiger partial charge in [0.05, 0.1) is 12.1 Å². The van der Waals surface area contributed by atoms with Crippen molar-refractivity contribution in [2.45, 2.75) is 109 Å². The fourth-order valence-corrected chi connectivity index (χ4v) is 6.14. The van der Waals surface area contributed by atoms with Crippen molar-refractivity contribution in [1.82, 2.24) is 30.1 Å². The van der Waals surface area contributed by atoms with Gasteiger partial charge in [0, 0.05) is 23.7 Å². The summed E-state index contributed by atoms with van der Waals surface area (Å²) in [6.07, 6.45) is 12.9. The zero-order valence-electron chi connectivity index (χ0n) is 20.7. The van der Waals surface area contributed by atoms with Gasteiger partial charge < -0.3 is 4.98 Å². The minimum absolute atomic E-state index is 0.0153. The molecule has 0 bridgehead atoms. The van der Waals surface area contributed by atoms with E-state index in [9.17, 15) is 4.79 Å². The number of aromatic amines is 1. The van der Waals surface area contributed by atoms with E-state index in [2.05, 4.69) is 62.1 Å². The first-order valence-electron chi connectivity index (χ1n) is 13.4. The topological polar surface area (TPSA) is 79.7 Å². The molecule has 2 fully saturated rings. The molecule has 2 aliphatic carbocycles. The van der Waals surface area contributed by atoms with E-state index >= 15 is 0 Å². The molecule has 2 saturated carbocycles. The number of tetrazole rings is 1. The van der Waals surface area contributed by atoms with E-state index in [-0.39, 0.29) is 11.6 Å². The van der Waals surface area contributed by atoms with E-state index in [4.69, 9.17) is 0 Å². The molecule has 34 heavy (non-hydrogen) atoms. The Morgan fingerprint density at radius 2 is 1.82 bits per heavy atom. The molecule has 2 heterocycles. The summed E-state index contributed by atoms with van der Waals surface area (Å²) < 4.78 is 2.12. The van der Waals surface area contributed by atoms with Crippen LogP contribution in [0.3, 0.4) is 0 Å². The summed E-state index contributed by atoms with van der Waals surface area (Å²) in [5.74, 6) is 0.979. The summed E-state index contributed by atoms with van der Waals surface area (Å²) in [7, 11) is 0.